The Kier molecular flexibility index (Phi) is 4.19. The molecule has 0 radical (unpaired) electrons. The first kappa shape index (κ1) is 16.7. The van der Waals surface area contributed by atoms with E-state index in [1.807, 2.05) is 32.0 Å². The SMILES string of the molecule is Cc1ccc(NC(=O)c2cccc3c2N=C2CCCCC2C3=O)c(C)c1. The van der Waals surface area contributed by atoms with Gasteiger partial charge in [-0.05, 0) is 56.9 Å². The number of nitrogens with one attached hydrogen (secondary N) is 1. The quantitative estimate of drug-likeness (QED) is 0.830. The second-order valence-electron chi connectivity index (χ2n) is 7.24. The van der Waals surface area contributed by atoms with Crippen molar-refractivity contribution in [3.63, 3.8) is 0 Å². The van der Waals surface area contributed by atoms with Crippen molar-refractivity contribution < 1.29 is 9.59 Å². The van der Waals surface area contributed by atoms with E-state index in [1.54, 1.807) is 18.2 Å². The van der Waals surface area contributed by atoms with Gasteiger partial charge in [-0.15, -0.1) is 0 Å². The van der Waals surface area contributed by atoms with Crippen LogP contribution in [0.25, 0.3) is 0 Å². The van der Waals surface area contributed by atoms with Gasteiger partial charge in [-0.2, -0.15) is 0 Å². The Morgan fingerprint density at radius 3 is 2.81 bits per heavy atom. The van der Waals surface area contributed by atoms with E-state index in [9.17, 15) is 9.59 Å². The van der Waals surface area contributed by atoms with E-state index in [-0.39, 0.29) is 17.6 Å². The molecule has 1 aliphatic carbocycles. The van der Waals surface area contributed by atoms with Crippen LogP contribution in [0.15, 0.2) is 41.4 Å². The molecule has 0 aromatic heterocycles. The summed E-state index contributed by atoms with van der Waals surface area (Å²) in [6.45, 7) is 3.99. The van der Waals surface area contributed by atoms with Crippen molar-refractivity contribution in [3.8, 4) is 0 Å². The number of Topliss-reactive ketones (excluding diaryl/α,β-unsaturated/α-hetero) is 1. The van der Waals surface area contributed by atoms with Crippen LogP contribution in [0.1, 0.15) is 57.5 Å². The molecule has 0 spiro atoms. The van der Waals surface area contributed by atoms with Gasteiger partial charge in [-0.25, -0.2) is 0 Å². The van der Waals surface area contributed by atoms with Gasteiger partial charge >= 0.3 is 0 Å². The van der Waals surface area contributed by atoms with E-state index in [1.165, 1.54) is 0 Å². The van der Waals surface area contributed by atoms with Gasteiger partial charge in [0.2, 0.25) is 0 Å². The van der Waals surface area contributed by atoms with Gasteiger partial charge < -0.3 is 5.32 Å². The Balaban J connectivity index is 1.71. The third-order valence-corrected chi connectivity index (χ3v) is 5.33. The third kappa shape index (κ3) is 2.85. The minimum atomic E-state index is -0.222. The summed E-state index contributed by atoms with van der Waals surface area (Å²) in [5.74, 6) is -0.194. The van der Waals surface area contributed by atoms with Gasteiger partial charge in [-0.1, -0.05) is 30.2 Å². The summed E-state index contributed by atoms with van der Waals surface area (Å²) >= 11 is 0. The fourth-order valence-electron chi connectivity index (χ4n) is 3.93. The lowest BCUT2D eigenvalue weighted by molar-refractivity contribution is 0.0942. The molecule has 1 atom stereocenters. The predicted molar refractivity (Wildman–Crippen MR) is 104 cm³/mol. The summed E-state index contributed by atoms with van der Waals surface area (Å²) in [4.78, 5) is 30.5. The number of anilines is 1. The fourth-order valence-corrected chi connectivity index (χ4v) is 3.93. The zero-order valence-corrected chi connectivity index (χ0v) is 15.1. The normalized spacial score (nSPS) is 18.6. The maximum atomic E-state index is 12.9. The number of rotatable bonds is 2. The molecular formula is C22H22N2O2. The van der Waals surface area contributed by atoms with E-state index in [0.717, 1.165) is 48.2 Å². The number of aliphatic imine (C=N–C) groups is 1. The average Bonchev–Trinajstić information content (AvgIpc) is 2.64. The van der Waals surface area contributed by atoms with Gasteiger partial charge in [0.05, 0.1) is 17.2 Å². The highest BCUT2D eigenvalue weighted by molar-refractivity contribution is 6.21. The zero-order chi connectivity index (χ0) is 18.3. The van der Waals surface area contributed by atoms with Gasteiger partial charge in [0.25, 0.3) is 5.91 Å². The molecule has 0 bridgehead atoms. The lowest BCUT2D eigenvalue weighted by atomic mass is 9.79. The molecule has 1 fully saturated rings. The number of hydrogen-bond acceptors (Lipinski definition) is 3. The molecule has 2 aromatic rings. The van der Waals surface area contributed by atoms with Gasteiger partial charge in [0.1, 0.15) is 0 Å². The van der Waals surface area contributed by atoms with E-state index in [0.29, 0.717) is 16.8 Å². The van der Waals surface area contributed by atoms with Crippen LogP contribution in [0.3, 0.4) is 0 Å². The molecule has 1 saturated carbocycles. The zero-order valence-electron chi connectivity index (χ0n) is 15.1. The van der Waals surface area contributed by atoms with Crippen LogP contribution in [-0.2, 0) is 0 Å². The number of carbonyl (C=O) groups excluding carboxylic acids is 2. The van der Waals surface area contributed by atoms with E-state index in [4.69, 9.17) is 4.99 Å². The Bertz CT molecular complexity index is 943. The molecule has 1 amide bonds. The highest BCUT2D eigenvalue weighted by Crippen LogP contribution is 2.37. The first-order valence-corrected chi connectivity index (χ1v) is 9.18. The van der Waals surface area contributed by atoms with Crippen molar-refractivity contribution in [2.45, 2.75) is 39.5 Å². The van der Waals surface area contributed by atoms with Crippen molar-refractivity contribution in [2.75, 3.05) is 5.32 Å². The van der Waals surface area contributed by atoms with Crippen LogP contribution in [0, 0.1) is 19.8 Å². The molecule has 1 N–H and O–H groups in total. The van der Waals surface area contributed by atoms with Gasteiger partial charge in [0, 0.05) is 17.0 Å². The van der Waals surface area contributed by atoms with Crippen molar-refractivity contribution in [1.82, 2.24) is 0 Å². The second kappa shape index (κ2) is 6.52. The first-order chi connectivity index (χ1) is 12.5. The highest BCUT2D eigenvalue weighted by atomic mass is 16.1. The van der Waals surface area contributed by atoms with Crippen molar-refractivity contribution in [2.24, 2.45) is 10.9 Å². The van der Waals surface area contributed by atoms with Crippen LogP contribution in [0.4, 0.5) is 11.4 Å². The lowest BCUT2D eigenvalue weighted by Crippen LogP contribution is -2.31. The van der Waals surface area contributed by atoms with Crippen molar-refractivity contribution in [1.29, 1.82) is 0 Å². The van der Waals surface area contributed by atoms with Gasteiger partial charge in [-0.3, -0.25) is 14.6 Å². The smallest absolute Gasteiger partial charge is 0.257 e. The summed E-state index contributed by atoms with van der Waals surface area (Å²) in [5.41, 5.74) is 5.47. The minimum absolute atomic E-state index is 0.0890. The van der Waals surface area contributed by atoms with Crippen LogP contribution in [0.2, 0.25) is 0 Å². The Morgan fingerprint density at radius 1 is 1.15 bits per heavy atom. The molecule has 1 aliphatic heterocycles. The standard InChI is InChI=1S/C22H22N2O2/c1-13-10-11-18(14(2)12-13)24-22(26)17-8-5-7-16-20(17)23-19-9-4-3-6-15(19)21(16)25/h5,7-8,10-12,15H,3-4,6,9H2,1-2H3,(H,24,26). The highest BCUT2D eigenvalue weighted by Gasteiger charge is 2.34. The van der Waals surface area contributed by atoms with Crippen LogP contribution in [0.5, 0.6) is 0 Å². The third-order valence-electron chi connectivity index (χ3n) is 5.33. The summed E-state index contributed by atoms with van der Waals surface area (Å²) in [5, 5.41) is 2.97. The van der Waals surface area contributed by atoms with Crippen molar-refractivity contribution in [3.05, 3.63) is 58.7 Å². The van der Waals surface area contributed by atoms with E-state index in [2.05, 4.69) is 5.32 Å². The van der Waals surface area contributed by atoms with E-state index >= 15 is 0 Å². The number of fused-ring (bicyclic) bond motifs is 2. The topological polar surface area (TPSA) is 58.5 Å². The molecule has 4 heteroatoms. The number of para-hydroxylation sites is 1. The summed E-state index contributed by atoms with van der Waals surface area (Å²) in [7, 11) is 0. The molecule has 2 aliphatic rings. The fraction of sp³-hybridized carbons (Fsp3) is 0.318. The maximum Gasteiger partial charge on any atom is 0.257 e. The lowest BCUT2D eigenvalue weighted by Gasteiger charge is -2.28. The number of carbonyl (C=O) groups is 2. The number of benzene rings is 2. The summed E-state index contributed by atoms with van der Waals surface area (Å²) < 4.78 is 0. The molecule has 26 heavy (non-hydrogen) atoms. The average molecular weight is 346 g/mol. The predicted octanol–water partition coefficient (Wildman–Crippen LogP) is 5.01. The number of hydrogen-bond donors (Lipinski definition) is 1. The Hall–Kier alpha value is -2.75. The molecule has 2 aromatic carbocycles. The van der Waals surface area contributed by atoms with E-state index < -0.39 is 0 Å². The molecule has 132 valence electrons. The van der Waals surface area contributed by atoms with Crippen molar-refractivity contribution >= 4 is 28.8 Å². The molecule has 1 unspecified atom stereocenters. The van der Waals surface area contributed by atoms with Crippen LogP contribution in [-0.4, -0.2) is 17.4 Å². The molecule has 1 heterocycles. The first-order valence-electron chi connectivity index (χ1n) is 9.18. The number of aryl methyl sites for hydroxylation is 2. The minimum Gasteiger partial charge on any atom is -0.322 e. The molecular weight excluding hydrogens is 324 g/mol. The Morgan fingerprint density at radius 2 is 2.00 bits per heavy atom. The summed E-state index contributed by atoms with van der Waals surface area (Å²) in [6.07, 6.45) is 3.85. The van der Waals surface area contributed by atoms with Gasteiger partial charge in [0.15, 0.2) is 5.78 Å². The summed E-state index contributed by atoms with van der Waals surface area (Å²) in [6, 6.07) is 11.2. The number of amides is 1. The van der Waals surface area contributed by atoms with Crippen LogP contribution >= 0.6 is 0 Å². The maximum absolute atomic E-state index is 12.9. The molecule has 0 saturated heterocycles. The second-order valence-corrected chi connectivity index (χ2v) is 7.24. The largest absolute Gasteiger partial charge is 0.322 e. The Labute approximate surface area is 153 Å². The molecule has 4 nitrogen and oxygen atoms in total. The molecule has 4 rings (SSSR count). The van der Waals surface area contributed by atoms with Crippen LogP contribution < -0.4 is 5.32 Å². The number of ketones is 1. The monoisotopic (exact) mass is 346 g/mol. The number of nitrogens with zero attached hydrogens (tertiary/aromatic N) is 1.